The minimum Gasteiger partial charge on any atom is -0.493 e. The molecule has 2 aromatic carbocycles. The van der Waals surface area contributed by atoms with Crippen LogP contribution in [-0.2, 0) is 0 Å². The van der Waals surface area contributed by atoms with E-state index >= 15 is 0 Å². The van der Waals surface area contributed by atoms with E-state index in [4.69, 9.17) is 14.2 Å². The summed E-state index contributed by atoms with van der Waals surface area (Å²) < 4.78 is 30.5. The first-order valence-electron chi connectivity index (χ1n) is 9.51. The molecule has 0 saturated heterocycles. The third-order valence-electron chi connectivity index (χ3n) is 4.24. The molecule has 0 heterocycles. The number of hydrogen-bond donors (Lipinski definition) is 0. The van der Waals surface area contributed by atoms with Crippen LogP contribution >= 0.6 is 0 Å². The maximum atomic E-state index is 14.1. The van der Waals surface area contributed by atoms with E-state index < -0.39 is 11.8 Å². The summed E-state index contributed by atoms with van der Waals surface area (Å²) in [6, 6.07) is 10.8. The second-order valence-corrected chi connectivity index (χ2v) is 6.61. The number of carbonyl (C=O) groups is 1. The van der Waals surface area contributed by atoms with Gasteiger partial charge in [-0.25, -0.2) is 9.18 Å². The molecule has 0 saturated carbocycles. The minimum absolute atomic E-state index is 0.114. The van der Waals surface area contributed by atoms with Gasteiger partial charge in [-0.1, -0.05) is 26.3 Å². The summed E-state index contributed by atoms with van der Waals surface area (Å²) in [5, 5.41) is 0. The molecule has 0 aliphatic heterocycles. The zero-order chi connectivity index (χ0) is 20.4. The highest BCUT2D eigenvalue weighted by molar-refractivity contribution is 5.91. The molecule has 2 rings (SSSR count). The van der Waals surface area contributed by atoms with Crippen LogP contribution in [0.15, 0.2) is 55.1 Å². The summed E-state index contributed by atoms with van der Waals surface area (Å²) in [6.07, 6.45) is 4.38. The van der Waals surface area contributed by atoms with Crippen LogP contribution < -0.4 is 14.2 Å². The lowest BCUT2D eigenvalue weighted by Crippen LogP contribution is -2.10. The molecule has 2 aromatic rings. The maximum Gasteiger partial charge on any atom is 0.343 e. The molecule has 0 N–H and O–H groups in total. The summed E-state index contributed by atoms with van der Waals surface area (Å²) in [6.45, 7) is 8.88. The molecular weight excluding hydrogens is 359 g/mol. The predicted molar refractivity (Wildman–Crippen MR) is 108 cm³/mol. The van der Waals surface area contributed by atoms with Crippen molar-refractivity contribution in [1.82, 2.24) is 0 Å². The number of allylic oxidation sites excluding steroid dienone is 1. The van der Waals surface area contributed by atoms with E-state index in [0.717, 1.165) is 25.3 Å². The number of benzene rings is 2. The summed E-state index contributed by atoms with van der Waals surface area (Å²) >= 11 is 0. The van der Waals surface area contributed by atoms with Crippen molar-refractivity contribution < 1.29 is 23.4 Å². The summed E-state index contributed by atoms with van der Waals surface area (Å²) in [7, 11) is 0. The van der Waals surface area contributed by atoms with Crippen LogP contribution in [0.1, 0.15) is 43.5 Å². The molecular formula is C23H27FO4. The molecule has 0 aromatic heterocycles. The van der Waals surface area contributed by atoms with Crippen LogP contribution in [-0.4, -0.2) is 19.2 Å². The van der Waals surface area contributed by atoms with Gasteiger partial charge in [-0.2, -0.15) is 0 Å². The Kier molecular flexibility index (Phi) is 8.53. The van der Waals surface area contributed by atoms with Gasteiger partial charge in [0.25, 0.3) is 0 Å². The minimum atomic E-state index is -0.634. The second kappa shape index (κ2) is 11.1. The van der Waals surface area contributed by atoms with E-state index in [-0.39, 0.29) is 11.3 Å². The third kappa shape index (κ3) is 6.72. The van der Waals surface area contributed by atoms with Crippen molar-refractivity contribution in [2.45, 2.75) is 33.1 Å². The smallest absolute Gasteiger partial charge is 0.343 e. The van der Waals surface area contributed by atoms with Gasteiger partial charge in [0.1, 0.15) is 11.5 Å². The predicted octanol–water partition coefficient (Wildman–Crippen LogP) is 5.81. The highest BCUT2D eigenvalue weighted by Crippen LogP contribution is 2.22. The van der Waals surface area contributed by atoms with E-state index in [1.165, 1.54) is 12.1 Å². The Morgan fingerprint density at radius 1 is 1.14 bits per heavy atom. The molecule has 4 nitrogen and oxygen atoms in total. The summed E-state index contributed by atoms with van der Waals surface area (Å²) in [5.41, 5.74) is 0.119. The Labute approximate surface area is 165 Å². The van der Waals surface area contributed by atoms with Gasteiger partial charge in [0.05, 0.1) is 18.8 Å². The number of carbonyl (C=O) groups excluding carboxylic acids is 1. The lowest BCUT2D eigenvalue weighted by molar-refractivity contribution is 0.0734. The Morgan fingerprint density at radius 2 is 1.86 bits per heavy atom. The number of halogens is 1. The van der Waals surface area contributed by atoms with Gasteiger partial charge >= 0.3 is 5.97 Å². The molecule has 0 aliphatic carbocycles. The molecule has 0 radical (unpaired) electrons. The van der Waals surface area contributed by atoms with Crippen LogP contribution in [0.5, 0.6) is 17.2 Å². The van der Waals surface area contributed by atoms with Crippen molar-refractivity contribution in [2.24, 2.45) is 5.92 Å². The molecule has 28 heavy (non-hydrogen) atoms. The van der Waals surface area contributed by atoms with Gasteiger partial charge in [-0.15, -0.1) is 6.58 Å². The van der Waals surface area contributed by atoms with Crippen LogP contribution in [0.2, 0.25) is 0 Å². The standard InChI is InChI=1S/C23H27FO4/c1-4-6-7-14-26-22-13-8-18(15-21(22)24)23(25)28-20-11-9-19(10-12-20)27-16-17(3)5-2/h4,8-13,15,17H,1,5-7,14,16H2,2-3H3/t17-/m0/s1. The van der Waals surface area contributed by atoms with Gasteiger partial charge in [0, 0.05) is 0 Å². The topological polar surface area (TPSA) is 44.8 Å². The van der Waals surface area contributed by atoms with Crippen LogP contribution in [0, 0.1) is 11.7 Å². The van der Waals surface area contributed by atoms with Gasteiger partial charge in [0.2, 0.25) is 0 Å². The van der Waals surface area contributed by atoms with Crippen molar-refractivity contribution in [3.05, 3.63) is 66.5 Å². The molecule has 0 unspecified atom stereocenters. The number of ether oxygens (including phenoxy) is 3. The Morgan fingerprint density at radius 3 is 2.50 bits per heavy atom. The fourth-order valence-corrected chi connectivity index (χ4v) is 2.28. The first-order chi connectivity index (χ1) is 13.5. The average molecular weight is 386 g/mol. The van der Waals surface area contributed by atoms with Crippen molar-refractivity contribution in [2.75, 3.05) is 13.2 Å². The van der Waals surface area contributed by atoms with Gasteiger partial charge < -0.3 is 14.2 Å². The molecule has 150 valence electrons. The SMILES string of the molecule is C=CCCCOc1ccc(C(=O)Oc2ccc(OC[C@@H](C)CC)cc2)cc1F. The molecule has 5 heteroatoms. The van der Waals surface area contributed by atoms with Gasteiger partial charge in [-0.05, 0) is 61.2 Å². The quantitative estimate of drug-likeness (QED) is 0.211. The summed E-state index contributed by atoms with van der Waals surface area (Å²) in [4.78, 5) is 12.2. The fourth-order valence-electron chi connectivity index (χ4n) is 2.28. The number of hydrogen-bond acceptors (Lipinski definition) is 4. The lowest BCUT2D eigenvalue weighted by Gasteiger charge is -2.11. The number of unbranched alkanes of at least 4 members (excludes halogenated alkanes) is 1. The zero-order valence-electron chi connectivity index (χ0n) is 16.4. The maximum absolute atomic E-state index is 14.1. The highest BCUT2D eigenvalue weighted by atomic mass is 19.1. The number of esters is 1. The van der Waals surface area contributed by atoms with E-state index in [0.29, 0.717) is 30.6 Å². The van der Waals surface area contributed by atoms with Crippen molar-refractivity contribution in [3.63, 3.8) is 0 Å². The Bertz CT molecular complexity index is 771. The average Bonchev–Trinajstić information content (AvgIpc) is 2.71. The number of rotatable bonds is 11. The lowest BCUT2D eigenvalue weighted by atomic mass is 10.1. The molecule has 0 fully saturated rings. The van der Waals surface area contributed by atoms with Crippen LogP contribution in [0.3, 0.4) is 0 Å². The van der Waals surface area contributed by atoms with Crippen molar-refractivity contribution >= 4 is 5.97 Å². The first kappa shape index (κ1) is 21.5. The fraction of sp³-hybridized carbons (Fsp3) is 0.348. The first-order valence-corrected chi connectivity index (χ1v) is 9.51. The molecule has 0 spiro atoms. The van der Waals surface area contributed by atoms with Crippen molar-refractivity contribution in [3.8, 4) is 17.2 Å². The van der Waals surface area contributed by atoms with E-state index in [2.05, 4.69) is 20.4 Å². The molecule has 0 bridgehead atoms. The van der Waals surface area contributed by atoms with Crippen LogP contribution in [0.4, 0.5) is 4.39 Å². The normalized spacial score (nSPS) is 11.5. The van der Waals surface area contributed by atoms with E-state index in [1.54, 1.807) is 30.3 Å². The Hall–Kier alpha value is -2.82. The largest absolute Gasteiger partial charge is 0.493 e. The molecule has 1 atom stereocenters. The van der Waals surface area contributed by atoms with E-state index in [1.807, 2.05) is 0 Å². The summed E-state index contributed by atoms with van der Waals surface area (Å²) in [5.74, 6) is 0.437. The second-order valence-electron chi connectivity index (χ2n) is 6.61. The zero-order valence-corrected chi connectivity index (χ0v) is 16.4. The Balaban J connectivity index is 1.91. The third-order valence-corrected chi connectivity index (χ3v) is 4.24. The highest BCUT2D eigenvalue weighted by Gasteiger charge is 2.13. The van der Waals surface area contributed by atoms with Gasteiger partial charge in [-0.3, -0.25) is 0 Å². The van der Waals surface area contributed by atoms with Crippen LogP contribution in [0.25, 0.3) is 0 Å². The monoisotopic (exact) mass is 386 g/mol. The molecule has 0 aliphatic rings. The van der Waals surface area contributed by atoms with Gasteiger partial charge in [0.15, 0.2) is 11.6 Å². The molecule has 0 amide bonds. The van der Waals surface area contributed by atoms with E-state index in [9.17, 15) is 9.18 Å². The van der Waals surface area contributed by atoms with Crippen molar-refractivity contribution in [1.29, 1.82) is 0 Å².